The first kappa shape index (κ1) is 14.2. The van der Waals surface area contributed by atoms with E-state index in [0.717, 1.165) is 25.7 Å². The zero-order valence-corrected chi connectivity index (χ0v) is 10.7. The van der Waals surface area contributed by atoms with Crippen LogP contribution in [0, 0.1) is 11.8 Å². The fourth-order valence-corrected chi connectivity index (χ4v) is 2.64. The van der Waals surface area contributed by atoms with Crippen LogP contribution < -0.4 is 5.48 Å². The van der Waals surface area contributed by atoms with Crippen molar-refractivity contribution in [1.29, 1.82) is 0 Å². The van der Waals surface area contributed by atoms with Gasteiger partial charge < -0.3 is 9.94 Å². The van der Waals surface area contributed by atoms with Gasteiger partial charge in [-0.05, 0) is 37.5 Å². The number of esters is 1. The summed E-state index contributed by atoms with van der Waals surface area (Å²) in [5, 5.41) is 9.11. The normalized spacial score (nSPS) is 28.8. The Hall–Kier alpha value is -0.870. The second-order valence-corrected chi connectivity index (χ2v) is 4.63. The highest BCUT2D eigenvalue weighted by atomic mass is 16.5. The highest BCUT2D eigenvalue weighted by molar-refractivity contribution is 5.69. The topological polar surface area (TPSA) is 58.6 Å². The maximum Gasteiger partial charge on any atom is 0.305 e. The Morgan fingerprint density at radius 1 is 1.47 bits per heavy atom. The van der Waals surface area contributed by atoms with Crippen molar-refractivity contribution < 1.29 is 14.7 Å². The van der Waals surface area contributed by atoms with E-state index in [2.05, 4.69) is 24.6 Å². The molecule has 3 atom stereocenters. The minimum atomic E-state index is -0.155. The van der Waals surface area contributed by atoms with Gasteiger partial charge in [-0.3, -0.25) is 4.79 Å². The minimum absolute atomic E-state index is 0.103. The van der Waals surface area contributed by atoms with E-state index in [1.165, 1.54) is 7.11 Å². The number of ether oxygens (including phenoxy) is 1. The molecule has 0 aliphatic heterocycles. The van der Waals surface area contributed by atoms with Crippen LogP contribution in [-0.4, -0.2) is 24.3 Å². The maximum atomic E-state index is 11.3. The van der Waals surface area contributed by atoms with Gasteiger partial charge >= 0.3 is 5.97 Å². The van der Waals surface area contributed by atoms with Crippen molar-refractivity contribution in [2.45, 2.75) is 45.1 Å². The van der Waals surface area contributed by atoms with Crippen LogP contribution in [0.3, 0.4) is 0 Å². The summed E-state index contributed by atoms with van der Waals surface area (Å²) in [6.45, 7) is 2.10. The van der Waals surface area contributed by atoms with Crippen molar-refractivity contribution in [2.75, 3.05) is 7.11 Å². The molecule has 0 spiro atoms. The number of carbonyl (C=O) groups is 1. The SMILES string of the molecule is CC/C=C/CC1C(CC(=O)OC)CCC1NO. The molecule has 17 heavy (non-hydrogen) atoms. The predicted molar refractivity (Wildman–Crippen MR) is 65.6 cm³/mol. The lowest BCUT2D eigenvalue weighted by molar-refractivity contribution is -0.142. The summed E-state index contributed by atoms with van der Waals surface area (Å²) in [6.07, 6.45) is 8.55. The average molecular weight is 241 g/mol. The fraction of sp³-hybridized carbons (Fsp3) is 0.769. The number of nitrogens with one attached hydrogen (secondary N) is 1. The summed E-state index contributed by atoms with van der Waals surface area (Å²) >= 11 is 0. The van der Waals surface area contributed by atoms with Gasteiger partial charge in [0.1, 0.15) is 0 Å². The Bertz CT molecular complexity index is 265. The molecule has 0 heterocycles. The van der Waals surface area contributed by atoms with Crippen LogP contribution in [0.5, 0.6) is 0 Å². The van der Waals surface area contributed by atoms with E-state index in [1.54, 1.807) is 0 Å². The second-order valence-electron chi connectivity index (χ2n) is 4.63. The van der Waals surface area contributed by atoms with Crippen molar-refractivity contribution in [1.82, 2.24) is 5.48 Å². The summed E-state index contributed by atoms with van der Waals surface area (Å²) in [6, 6.07) is 0.103. The minimum Gasteiger partial charge on any atom is -0.469 e. The van der Waals surface area contributed by atoms with E-state index in [4.69, 9.17) is 9.94 Å². The lowest BCUT2D eigenvalue weighted by Crippen LogP contribution is -2.32. The van der Waals surface area contributed by atoms with Crippen molar-refractivity contribution >= 4 is 5.97 Å². The number of hydroxylamine groups is 1. The fourth-order valence-electron chi connectivity index (χ4n) is 2.64. The number of hydrogen-bond acceptors (Lipinski definition) is 4. The molecule has 3 unspecified atom stereocenters. The van der Waals surface area contributed by atoms with E-state index >= 15 is 0 Å². The molecule has 0 aromatic rings. The van der Waals surface area contributed by atoms with Crippen LogP contribution in [0.4, 0.5) is 0 Å². The monoisotopic (exact) mass is 241 g/mol. The number of rotatable bonds is 6. The van der Waals surface area contributed by atoms with Gasteiger partial charge in [0.25, 0.3) is 0 Å². The van der Waals surface area contributed by atoms with E-state index in [0.29, 0.717) is 18.3 Å². The van der Waals surface area contributed by atoms with Gasteiger partial charge in [0, 0.05) is 12.5 Å². The molecule has 0 saturated heterocycles. The van der Waals surface area contributed by atoms with Crippen molar-refractivity contribution in [3.63, 3.8) is 0 Å². The molecular weight excluding hydrogens is 218 g/mol. The number of carbonyl (C=O) groups excluding carboxylic acids is 1. The van der Waals surface area contributed by atoms with Crippen LogP contribution >= 0.6 is 0 Å². The smallest absolute Gasteiger partial charge is 0.305 e. The molecule has 1 aliphatic rings. The molecular formula is C13H23NO3. The molecule has 1 aliphatic carbocycles. The van der Waals surface area contributed by atoms with E-state index in [1.807, 2.05) is 0 Å². The standard InChI is InChI=1S/C13H23NO3/c1-3-4-5-6-11-10(9-13(15)17-2)7-8-12(11)14-16/h4-5,10-12,14,16H,3,6-9H2,1-2H3/b5-4+. The lowest BCUT2D eigenvalue weighted by Gasteiger charge is -2.22. The second kappa shape index (κ2) is 7.45. The summed E-state index contributed by atoms with van der Waals surface area (Å²) in [5.74, 6) is 0.480. The van der Waals surface area contributed by atoms with Gasteiger partial charge in [-0.1, -0.05) is 19.1 Å². The third-order valence-electron chi connectivity index (χ3n) is 3.60. The molecule has 1 saturated carbocycles. The molecule has 98 valence electrons. The first-order valence-electron chi connectivity index (χ1n) is 6.34. The van der Waals surface area contributed by atoms with Crippen LogP contribution in [0.2, 0.25) is 0 Å². The molecule has 1 fully saturated rings. The van der Waals surface area contributed by atoms with Gasteiger partial charge in [0.2, 0.25) is 0 Å². The summed E-state index contributed by atoms with van der Waals surface area (Å²) in [4.78, 5) is 11.3. The number of methoxy groups -OCH3 is 1. The van der Waals surface area contributed by atoms with Crippen molar-refractivity contribution in [2.24, 2.45) is 11.8 Å². The Morgan fingerprint density at radius 2 is 2.24 bits per heavy atom. The average Bonchev–Trinajstić information content (AvgIpc) is 2.72. The molecule has 0 aromatic heterocycles. The Labute approximate surface area is 103 Å². The Morgan fingerprint density at radius 3 is 2.82 bits per heavy atom. The molecule has 1 rings (SSSR count). The van der Waals surface area contributed by atoms with Gasteiger partial charge in [0.05, 0.1) is 7.11 Å². The van der Waals surface area contributed by atoms with Gasteiger partial charge in [-0.2, -0.15) is 0 Å². The van der Waals surface area contributed by atoms with Crippen LogP contribution in [0.1, 0.15) is 39.0 Å². The Balaban J connectivity index is 2.55. The van der Waals surface area contributed by atoms with Gasteiger partial charge in [-0.25, -0.2) is 5.48 Å². The number of hydrogen-bond donors (Lipinski definition) is 2. The van der Waals surface area contributed by atoms with Crippen molar-refractivity contribution in [3.8, 4) is 0 Å². The number of allylic oxidation sites excluding steroid dienone is 2. The molecule has 0 radical (unpaired) electrons. The zero-order chi connectivity index (χ0) is 12.7. The van der Waals surface area contributed by atoms with Gasteiger partial charge in [-0.15, -0.1) is 0 Å². The van der Waals surface area contributed by atoms with E-state index < -0.39 is 0 Å². The molecule has 2 N–H and O–H groups in total. The van der Waals surface area contributed by atoms with E-state index in [9.17, 15) is 4.79 Å². The maximum absolute atomic E-state index is 11.3. The summed E-state index contributed by atoms with van der Waals surface area (Å²) in [5.41, 5.74) is 2.38. The third-order valence-corrected chi connectivity index (χ3v) is 3.60. The summed E-state index contributed by atoms with van der Waals surface area (Å²) in [7, 11) is 1.42. The quantitative estimate of drug-likeness (QED) is 0.425. The third kappa shape index (κ3) is 4.13. The molecule has 0 amide bonds. The molecule has 0 aromatic carbocycles. The van der Waals surface area contributed by atoms with Gasteiger partial charge in [0.15, 0.2) is 0 Å². The lowest BCUT2D eigenvalue weighted by atomic mass is 9.88. The zero-order valence-electron chi connectivity index (χ0n) is 10.7. The van der Waals surface area contributed by atoms with Crippen LogP contribution in [0.15, 0.2) is 12.2 Å². The van der Waals surface area contributed by atoms with Crippen molar-refractivity contribution in [3.05, 3.63) is 12.2 Å². The van der Waals surface area contributed by atoms with Crippen LogP contribution in [-0.2, 0) is 9.53 Å². The predicted octanol–water partition coefficient (Wildman–Crippen LogP) is 2.28. The largest absolute Gasteiger partial charge is 0.469 e. The highest BCUT2D eigenvalue weighted by Crippen LogP contribution is 2.37. The molecule has 4 nitrogen and oxygen atoms in total. The van der Waals surface area contributed by atoms with Crippen LogP contribution in [0.25, 0.3) is 0 Å². The first-order chi connectivity index (χ1) is 8.22. The highest BCUT2D eigenvalue weighted by Gasteiger charge is 2.36. The Kier molecular flexibility index (Phi) is 6.22. The summed E-state index contributed by atoms with van der Waals surface area (Å²) < 4.78 is 4.72. The molecule has 4 heteroatoms. The molecule has 0 bridgehead atoms. The first-order valence-corrected chi connectivity index (χ1v) is 6.34. The van der Waals surface area contributed by atoms with E-state index in [-0.39, 0.29) is 12.0 Å².